The highest BCUT2D eigenvalue weighted by Crippen LogP contribution is 2.29. The van der Waals surface area contributed by atoms with Crippen molar-refractivity contribution in [3.05, 3.63) is 42.2 Å². The van der Waals surface area contributed by atoms with Crippen LogP contribution in [0.15, 0.2) is 36.5 Å². The summed E-state index contributed by atoms with van der Waals surface area (Å²) in [6.45, 7) is 3.29. The number of aromatic nitrogens is 1. The van der Waals surface area contributed by atoms with Gasteiger partial charge in [-0.05, 0) is 49.0 Å². The van der Waals surface area contributed by atoms with E-state index >= 15 is 0 Å². The summed E-state index contributed by atoms with van der Waals surface area (Å²) in [6, 6.07) is 9.75. The summed E-state index contributed by atoms with van der Waals surface area (Å²) in [5.41, 5.74) is 0.510. The molecular weight excluding hydrogens is 404 g/mol. The number of pyridine rings is 1. The van der Waals surface area contributed by atoms with E-state index in [0.717, 1.165) is 30.2 Å². The van der Waals surface area contributed by atoms with Crippen LogP contribution in [0.2, 0.25) is 0 Å². The average molecular weight is 435 g/mol. The number of piperidine rings is 1. The Morgan fingerprint density at radius 3 is 2.59 bits per heavy atom. The molecule has 168 valence electrons. The van der Waals surface area contributed by atoms with Crippen LogP contribution in [0.25, 0.3) is 10.8 Å². The molecule has 1 aromatic carbocycles. The van der Waals surface area contributed by atoms with Crippen LogP contribution in [0.5, 0.6) is 0 Å². The van der Waals surface area contributed by atoms with E-state index in [1.165, 1.54) is 12.8 Å². The maximum Gasteiger partial charge on any atom is 0.273 e. The van der Waals surface area contributed by atoms with Gasteiger partial charge in [0.25, 0.3) is 5.91 Å². The number of nitrogens with one attached hydrogen (secondary N) is 1. The summed E-state index contributed by atoms with van der Waals surface area (Å²) in [6.07, 6.45) is 6.14. The molecule has 1 saturated carbocycles. The molecule has 5 rings (SSSR count). The number of carbonyl (C=O) groups is 3. The highest BCUT2D eigenvalue weighted by molar-refractivity contribution is 6.05. The van der Waals surface area contributed by atoms with Crippen molar-refractivity contribution >= 4 is 28.5 Å². The predicted molar refractivity (Wildman–Crippen MR) is 121 cm³/mol. The molecule has 2 aliphatic heterocycles. The van der Waals surface area contributed by atoms with Crippen molar-refractivity contribution in [1.29, 1.82) is 0 Å². The van der Waals surface area contributed by atoms with Crippen LogP contribution >= 0.6 is 0 Å². The highest BCUT2D eigenvalue weighted by Gasteiger charge is 2.36. The summed E-state index contributed by atoms with van der Waals surface area (Å²) in [4.78, 5) is 46.0. The molecule has 3 fully saturated rings. The number of rotatable bonds is 6. The third-order valence-corrected chi connectivity index (χ3v) is 7.10. The Morgan fingerprint density at radius 2 is 1.81 bits per heavy atom. The van der Waals surface area contributed by atoms with E-state index in [0.29, 0.717) is 50.1 Å². The van der Waals surface area contributed by atoms with Crippen LogP contribution in [0.3, 0.4) is 0 Å². The molecule has 0 radical (unpaired) electrons. The molecule has 7 heteroatoms. The van der Waals surface area contributed by atoms with Gasteiger partial charge in [0.2, 0.25) is 11.8 Å². The monoisotopic (exact) mass is 434 g/mol. The van der Waals surface area contributed by atoms with Crippen LogP contribution in [-0.2, 0) is 9.59 Å². The maximum absolute atomic E-state index is 13.1. The topological polar surface area (TPSA) is 82.6 Å². The Bertz CT molecular complexity index is 1020. The van der Waals surface area contributed by atoms with E-state index in [-0.39, 0.29) is 23.6 Å². The lowest BCUT2D eigenvalue weighted by atomic mass is 9.95. The molecule has 1 atom stereocenters. The zero-order valence-corrected chi connectivity index (χ0v) is 18.3. The van der Waals surface area contributed by atoms with Gasteiger partial charge in [0, 0.05) is 50.7 Å². The number of benzene rings is 1. The van der Waals surface area contributed by atoms with Gasteiger partial charge in [-0.25, -0.2) is 0 Å². The largest absolute Gasteiger partial charge is 0.356 e. The van der Waals surface area contributed by atoms with Gasteiger partial charge < -0.3 is 15.1 Å². The molecule has 1 aliphatic carbocycles. The molecule has 1 aromatic heterocycles. The first kappa shape index (κ1) is 20.9. The minimum atomic E-state index is -0.222. The Balaban J connectivity index is 1.13. The van der Waals surface area contributed by atoms with Crippen molar-refractivity contribution in [3.63, 3.8) is 0 Å². The number of likely N-dealkylation sites (tertiary alicyclic amines) is 2. The summed E-state index contributed by atoms with van der Waals surface area (Å²) in [7, 11) is 0. The van der Waals surface area contributed by atoms with Gasteiger partial charge in [-0.3, -0.25) is 19.4 Å². The second kappa shape index (κ2) is 8.88. The molecule has 32 heavy (non-hydrogen) atoms. The molecule has 0 bridgehead atoms. The molecule has 3 heterocycles. The van der Waals surface area contributed by atoms with E-state index in [1.54, 1.807) is 6.20 Å². The van der Waals surface area contributed by atoms with Crippen molar-refractivity contribution in [1.82, 2.24) is 20.1 Å². The third kappa shape index (κ3) is 4.47. The van der Waals surface area contributed by atoms with E-state index in [9.17, 15) is 14.4 Å². The van der Waals surface area contributed by atoms with Crippen LogP contribution in [-0.4, -0.2) is 65.2 Å². The van der Waals surface area contributed by atoms with Crippen molar-refractivity contribution in [2.24, 2.45) is 17.8 Å². The number of nitrogens with zero attached hydrogens (tertiary/aromatic N) is 3. The number of amides is 3. The number of fused-ring (bicyclic) bond motifs is 1. The molecule has 3 amide bonds. The first-order valence-electron chi connectivity index (χ1n) is 11.8. The van der Waals surface area contributed by atoms with Gasteiger partial charge in [0.1, 0.15) is 5.69 Å². The van der Waals surface area contributed by atoms with Crippen molar-refractivity contribution in [3.8, 4) is 0 Å². The van der Waals surface area contributed by atoms with Gasteiger partial charge in [-0.2, -0.15) is 0 Å². The van der Waals surface area contributed by atoms with Crippen LogP contribution in [0, 0.1) is 17.8 Å². The van der Waals surface area contributed by atoms with E-state index in [2.05, 4.69) is 10.3 Å². The normalized spacial score (nSPS) is 21.9. The van der Waals surface area contributed by atoms with E-state index < -0.39 is 0 Å². The highest BCUT2D eigenvalue weighted by atomic mass is 16.2. The molecule has 7 nitrogen and oxygen atoms in total. The predicted octanol–water partition coefficient (Wildman–Crippen LogP) is 2.46. The van der Waals surface area contributed by atoms with Crippen molar-refractivity contribution in [2.75, 3.05) is 32.7 Å². The van der Waals surface area contributed by atoms with Gasteiger partial charge in [0.15, 0.2) is 0 Å². The second-order valence-corrected chi connectivity index (χ2v) is 9.50. The zero-order chi connectivity index (χ0) is 22.1. The molecule has 1 N–H and O–H groups in total. The average Bonchev–Trinajstić information content (AvgIpc) is 3.59. The minimum Gasteiger partial charge on any atom is -0.356 e. The molecule has 3 aliphatic rings. The Labute approximate surface area is 188 Å². The second-order valence-electron chi connectivity index (χ2n) is 9.50. The lowest BCUT2D eigenvalue weighted by Gasteiger charge is -2.34. The summed E-state index contributed by atoms with van der Waals surface area (Å²) in [5, 5.41) is 4.91. The molecular formula is C25H30N4O3. The fraction of sp³-hybridized carbons (Fsp3) is 0.520. The lowest BCUT2D eigenvalue weighted by Crippen LogP contribution is -2.42. The van der Waals surface area contributed by atoms with E-state index in [4.69, 9.17) is 0 Å². The third-order valence-electron chi connectivity index (χ3n) is 7.10. The zero-order valence-electron chi connectivity index (χ0n) is 18.3. The van der Waals surface area contributed by atoms with Crippen molar-refractivity contribution < 1.29 is 14.4 Å². The van der Waals surface area contributed by atoms with Crippen LogP contribution in [0.4, 0.5) is 0 Å². The smallest absolute Gasteiger partial charge is 0.273 e. The Morgan fingerprint density at radius 1 is 1.03 bits per heavy atom. The van der Waals surface area contributed by atoms with E-state index in [1.807, 2.05) is 40.1 Å². The quantitative estimate of drug-likeness (QED) is 0.757. The van der Waals surface area contributed by atoms with Gasteiger partial charge in [0.05, 0.1) is 5.92 Å². The summed E-state index contributed by atoms with van der Waals surface area (Å²) < 4.78 is 0. The van der Waals surface area contributed by atoms with Gasteiger partial charge in [-0.1, -0.05) is 24.3 Å². The number of hydrogen-bond acceptors (Lipinski definition) is 4. The number of carbonyl (C=O) groups excluding carboxylic acids is 3. The Kier molecular flexibility index (Phi) is 5.81. The van der Waals surface area contributed by atoms with Gasteiger partial charge >= 0.3 is 0 Å². The van der Waals surface area contributed by atoms with Crippen molar-refractivity contribution in [2.45, 2.75) is 32.1 Å². The Hall–Kier alpha value is -2.96. The molecule has 2 saturated heterocycles. The lowest BCUT2D eigenvalue weighted by molar-refractivity contribution is -0.129. The summed E-state index contributed by atoms with van der Waals surface area (Å²) >= 11 is 0. The maximum atomic E-state index is 13.1. The van der Waals surface area contributed by atoms with Crippen LogP contribution in [0.1, 0.15) is 42.6 Å². The fourth-order valence-electron chi connectivity index (χ4n) is 4.91. The standard InChI is InChI=1S/C25H30N4O3/c30-22-13-20(24(31)27-14-17-5-6-17)16-29(22)15-18-8-11-28(12-9-18)25(32)23-21-4-2-1-3-19(21)7-10-26-23/h1-4,7,10,17-18,20H,5-6,8-9,11-16H2,(H,27,31). The first-order chi connectivity index (χ1) is 15.6. The molecule has 1 unspecified atom stereocenters. The number of hydrogen-bond donors (Lipinski definition) is 1. The fourth-order valence-corrected chi connectivity index (χ4v) is 4.91. The molecule has 0 spiro atoms. The first-order valence-corrected chi connectivity index (χ1v) is 11.8. The van der Waals surface area contributed by atoms with Gasteiger partial charge in [-0.15, -0.1) is 0 Å². The minimum absolute atomic E-state index is 0.0232. The summed E-state index contributed by atoms with van der Waals surface area (Å²) in [5.74, 6) is 0.858. The SMILES string of the molecule is O=C(NCC1CC1)C1CC(=O)N(CC2CCN(C(=O)c3nccc4ccccc34)CC2)C1. The molecule has 2 aromatic rings. The van der Waals surface area contributed by atoms with Crippen LogP contribution < -0.4 is 5.32 Å².